The molecule has 1 aromatic heterocycles. The minimum atomic E-state index is 0. The summed E-state index contributed by atoms with van der Waals surface area (Å²) in [7, 11) is 0. The molecule has 0 spiro atoms. The number of likely N-dealkylation sites (N-methyl/N-ethyl adjacent to an activating group) is 1. The van der Waals surface area contributed by atoms with E-state index in [1.807, 2.05) is 4.57 Å². The number of benzene rings is 1. The number of halogens is 1. The number of anilines is 1. The van der Waals surface area contributed by atoms with Crippen LogP contribution in [0.15, 0.2) is 35.6 Å². The Balaban J connectivity index is 0.00000364. The Labute approximate surface area is 179 Å². The molecular weight excluding hydrogens is 453 g/mol. The van der Waals surface area contributed by atoms with Gasteiger partial charge in [-0.15, -0.1) is 34.2 Å². The molecule has 0 radical (unpaired) electrons. The molecule has 1 aromatic carbocycles. The SMILES string of the molecule is CCNC(=NCc1nncn1CC)NCCN(CC)c1cccc(C)c1.I. The Hall–Kier alpha value is -1.84. The van der Waals surface area contributed by atoms with E-state index in [1.54, 1.807) is 6.33 Å². The molecule has 0 bridgehead atoms. The van der Waals surface area contributed by atoms with Gasteiger partial charge in [-0.25, -0.2) is 4.99 Å². The number of guanidine groups is 1. The summed E-state index contributed by atoms with van der Waals surface area (Å²) >= 11 is 0. The zero-order chi connectivity index (χ0) is 18.8. The van der Waals surface area contributed by atoms with Gasteiger partial charge >= 0.3 is 0 Å². The van der Waals surface area contributed by atoms with Crippen LogP contribution in [0.4, 0.5) is 5.69 Å². The van der Waals surface area contributed by atoms with Crippen LogP contribution < -0.4 is 15.5 Å². The van der Waals surface area contributed by atoms with Gasteiger partial charge in [-0.1, -0.05) is 12.1 Å². The lowest BCUT2D eigenvalue weighted by Gasteiger charge is -2.24. The van der Waals surface area contributed by atoms with E-state index in [-0.39, 0.29) is 24.0 Å². The molecular formula is C19H32IN7. The molecule has 8 heteroatoms. The topological polar surface area (TPSA) is 70.4 Å². The molecule has 1 heterocycles. The van der Waals surface area contributed by atoms with Gasteiger partial charge in [0.25, 0.3) is 0 Å². The summed E-state index contributed by atoms with van der Waals surface area (Å²) in [5, 5.41) is 14.8. The smallest absolute Gasteiger partial charge is 0.191 e. The lowest BCUT2D eigenvalue weighted by atomic mass is 10.2. The van der Waals surface area contributed by atoms with E-state index in [0.29, 0.717) is 6.54 Å². The maximum atomic E-state index is 4.63. The van der Waals surface area contributed by atoms with Crippen LogP contribution in [0.1, 0.15) is 32.2 Å². The first-order chi connectivity index (χ1) is 12.7. The first-order valence-corrected chi connectivity index (χ1v) is 9.38. The minimum Gasteiger partial charge on any atom is -0.370 e. The van der Waals surface area contributed by atoms with Crippen LogP contribution in [0.25, 0.3) is 0 Å². The van der Waals surface area contributed by atoms with E-state index in [9.17, 15) is 0 Å². The van der Waals surface area contributed by atoms with Gasteiger partial charge in [0, 0.05) is 38.4 Å². The van der Waals surface area contributed by atoms with Crippen molar-refractivity contribution in [1.82, 2.24) is 25.4 Å². The summed E-state index contributed by atoms with van der Waals surface area (Å²) in [6, 6.07) is 8.62. The molecule has 27 heavy (non-hydrogen) atoms. The number of aliphatic imine (C=N–C) groups is 1. The van der Waals surface area contributed by atoms with Crippen molar-refractivity contribution in [3.05, 3.63) is 42.0 Å². The summed E-state index contributed by atoms with van der Waals surface area (Å²) < 4.78 is 2.00. The molecule has 0 aliphatic carbocycles. The summed E-state index contributed by atoms with van der Waals surface area (Å²) in [4.78, 5) is 6.99. The van der Waals surface area contributed by atoms with Gasteiger partial charge in [0.2, 0.25) is 0 Å². The first-order valence-electron chi connectivity index (χ1n) is 9.38. The average Bonchev–Trinajstić information content (AvgIpc) is 3.10. The molecule has 0 aliphatic rings. The summed E-state index contributed by atoms with van der Waals surface area (Å²) in [5.74, 6) is 1.68. The number of hydrogen-bond acceptors (Lipinski definition) is 4. The third-order valence-electron chi connectivity index (χ3n) is 4.18. The maximum absolute atomic E-state index is 4.63. The molecule has 0 saturated heterocycles. The van der Waals surface area contributed by atoms with Crippen LogP contribution in [0.5, 0.6) is 0 Å². The molecule has 2 rings (SSSR count). The van der Waals surface area contributed by atoms with Crippen molar-refractivity contribution in [3.63, 3.8) is 0 Å². The zero-order valence-electron chi connectivity index (χ0n) is 16.8. The molecule has 0 amide bonds. The summed E-state index contributed by atoms with van der Waals surface area (Å²) in [6.45, 7) is 13.3. The Bertz CT molecular complexity index is 699. The van der Waals surface area contributed by atoms with Gasteiger partial charge in [-0.05, 0) is 45.4 Å². The molecule has 150 valence electrons. The number of nitrogens with zero attached hydrogens (tertiary/aromatic N) is 5. The molecule has 7 nitrogen and oxygen atoms in total. The van der Waals surface area contributed by atoms with Gasteiger partial charge in [0.15, 0.2) is 11.8 Å². The van der Waals surface area contributed by atoms with E-state index in [4.69, 9.17) is 0 Å². The zero-order valence-corrected chi connectivity index (χ0v) is 19.1. The largest absolute Gasteiger partial charge is 0.370 e. The number of aryl methyl sites for hydroxylation is 2. The van der Waals surface area contributed by atoms with Crippen molar-refractivity contribution < 1.29 is 0 Å². The van der Waals surface area contributed by atoms with Crippen LogP contribution in [0.2, 0.25) is 0 Å². The number of hydrogen-bond donors (Lipinski definition) is 2. The second-order valence-corrected chi connectivity index (χ2v) is 6.07. The predicted molar refractivity (Wildman–Crippen MR) is 123 cm³/mol. The van der Waals surface area contributed by atoms with Crippen molar-refractivity contribution in [3.8, 4) is 0 Å². The van der Waals surface area contributed by atoms with Crippen molar-refractivity contribution in [1.29, 1.82) is 0 Å². The van der Waals surface area contributed by atoms with E-state index in [2.05, 4.69) is 82.7 Å². The maximum Gasteiger partial charge on any atom is 0.191 e. The fourth-order valence-electron chi connectivity index (χ4n) is 2.76. The van der Waals surface area contributed by atoms with Crippen LogP contribution in [-0.2, 0) is 13.1 Å². The lowest BCUT2D eigenvalue weighted by molar-refractivity contribution is 0.692. The first kappa shape index (κ1) is 23.2. The minimum absolute atomic E-state index is 0. The van der Waals surface area contributed by atoms with Gasteiger partial charge in [-0.3, -0.25) is 0 Å². The van der Waals surface area contributed by atoms with E-state index >= 15 is 0 Å². The van der Waals surface area contributed by atoms with Gasteiger partial charge in [0.1, 0.15) is 12.9 Å². The van der Waals surface area contributed by atoms with Gasteiger partial charge in [0.05, 0.1) is 0 Å². The Kier molecular flexibility index (Phi) is 10.8. The highest BCUT2D eigenvalue weighted by molar-refractivity contribution is 14.0. The van der Waals surface area contributed by atoms with E-state index in [1.165, 1.54) is 11.3 Å². The normalized spacial score (nSPS) is 11.0. The Morgan fingerprint density at radius 3 is 2.70 bits per heavy atom. The highest BCUT2D eigenvalue weighted by Gasteiger charge is 2.06. The van der Waals surface area contributed by atoms with E-state index < -0.39 is 0 Å². The lowest BCUT2D eigenvalue weighted by Crippen LogP contribution is -2.41. The molecule has 0 unspecified atom stereocenters. The third kappa shape index (κ3) is 7.36. The van der Waals surface area contributed by atoms with Crippen LogP contribution in [0, 0.1) is 6.92 Å². The molecule has 0 fully saturated rings. The quantitative estimate of drug-likeness (QED) is 0.325. The molecule has 2 N–H and O–H groups in total. The Morgan fingerprint density at radius 2 is 2.04 bits per heavy atom. The number of aromatic nitrogens is 3. The Morgan fingerprint density at radius 1 is 1.22 bits per heavy atom. The number of rotatable bonds is 9. The van der Waals surface area contributed by atoms with E-state index in [0.717, 1.165) is 44.5 Å². The highest BCUT2D eigenvalue weighted by Crippen LogP contribution is 2.14. The number of nitrogens with one attached hydrogen (secondary N) is 2. The second-order valence-electron chi connectivity index (χ2n) is 6.07. The molecule has 2 aromatic rings. The van der Waals surface area contributed by atoms with Crippen molar-refractivity contribution >= 4 is 35.6 Å². The highest BCUT2D eigenvalue weighted by atomic mass is 127. The second kappa shape index (κ2) is 12.5. The summed E-state index contributed by atoms with van der Waals surface area (Å²) in [6.07, 6.45) is 1.74. The monoisotopic (exact) mass is 485 g/mol. The molecule has 0 atom stereocenters. The standard InChI is InChI=1S/C19H31N7.HI/c1-5-20-19(22-14-18-24-23-15-26(18)7-3)21-11-12-25(6-2)17-10-8-9-16(4)13-17;/h8-10,13,15H,5-7,11-12,14H2,1-4H3,(H2,20,21,22);1H. The fraction of sp³-hybridized carbons (Fsp3) is 0.526. The van der Waals surface area contributed by atoms with Crippen LogP contribution in [0.3, 0.4) is 0 Å². The van der Waals surface area contributed by atoms with Crippen molar-refractivity contribution in [2.24, 2.45) is 4.99 Å². The third-order valence-corrected chi connectivity index (χ3v) is 4.18. The molecule has 0 saturated carbocycles. The molecule has 0 aliphatic heterocycles. The average molecular weight is 485 g/mol. The van der Waals surface area contributed by atoms with Crippen LogP contribution >= 0.6 is 24.0 Å². The van der Waals surface area contributed by atoms with Crippen molar-refractivity contribution in [2.75, 3.05) is 31.1 Å². The van der Waals surface area contributed by atoms with Crippen LogP contribution in [-0.4, -0.2) is 46.9 Å². The van der Waals surface area contributed by atoms with Gasteiger partial charge < -0.3 is 20.1 Å². The predicted octanol–water partition coefficient (Wildman–Crippen LogP) is 2.81. The van der Waals surface area contributed by atoms with Crippen molar-refractivity contribution in [2.45, 2.75) is 40.8 Å². The van der Waals surface area contributed by atoms with Gasteiger partial charge in [-0.2, -0.15) is 0 Å². The fourth-order valence-corrected chi connectivity index (χ4v) is 2.76. The summed E-state index contributed by atoms with van der Waals surface area (Å²) in [5.41, 5.74) is 2.54.